The third-order valence-corrected chi connectivity index (χ3v) is 4.25. The van der Waals surface area contributed by atoms with Gasteiger partial charge in [-0.1, -0.05) is 39.7 Å². The van der Waals surface area contributed by atoms with Crippen molar-refractivity contribution in [3.05, 3.63) is 57.0 Å². The average molecular weight is 355 g/mol. The Bertz CT molecular complexity index is 662. The van der Waals surface area contributed by atoms with Crippen molar-refractivity contribution in [1.82, 2.24) is 0 Å². The first-order valence-corrected chi connectivity index (χ1v) is 7.42. The molecule has 0 aliphatic carbocycles. The van der Waals surface area contributed by atoms with Crippen molar-refractivity contribution in [3.63, 3.8) is 0 Å². The lowest BCUT2D eigenvalue weighted by molar-refractivity contribution is 0.161. The van der Waals surface area contributed by atoms with Gasteiger partial charge in [0, 0.05) is 22.5 Å². The normalized spacial score (nSPS) is 21.1. The van der Waals surface area contributed by atoms with Crippen molar-refractivity contribution in [2.45, 2.75) is 18.6 Å². The predicted molar refractivity (Wildman–Crippen MR) is 82.2 cm³/mol. The summed E-state index contributed by atoms with van der Waals surface area (Å²) in [4.78, 5) is 0. The fourth-order valence-corrected chi connectivity index (χ4v) is 2.93. The van der Waals surface area contributed by atoms with Crippen LogP contribution in [0.25, 0.3) is 0 Å². The smallest absolute Gasteiger partial charge is 0.134 e. The van der Waals surface area contributed by atoms with Crippen LogP contribution in [0.2, 0.25) is 5.02 Å². The third-order valence-electron chi connectivity index (χ3n) is 3.46. The van der Waals surface area contributed by atoms with E-state index >= 15 is 0 Å². The number of rotatable bonds is 1. The van der Waals surface area contributed by atoms with E-state index in [0.29, 0.717) is 11.4 Å². The van der Waals surface area contributed by atoms with Crippen LogP contribution in [0.1, 0.15) is 29.7 Å². The second-order valence-corrected chi connectivity index (χ2v) is 6.16. The number of phenols is 1. The SMILES string of the molecule is N[C@H]1CC(c2ccc(O)c(Cl)c2)Oc2cc(Br)ccc21. The van der Waals surface area contributed by atoms with Gasteiger partial charge in [0.25, 0.3) is 0 Å². The van der Waals surface area contributed by atoms with Crippen molar-refractivity contribution in [2.75, 3.05) is 0 Å². The molecule has 2 aromatic rings. The van der Waals surface area contributed by atoms with Crippen LogP contribution in [0.3, 0.4) is 0 Å². The first kappa shape index (κ1) is 13.7. The molecule has 0 amide bonds. The molecule has 1 aliphatic heterocycles. The van der Waals surface area contributed by atoms with Crippen molar-refractivity contribution < 1.29 is 9.84 Å². The van der Waals surface area contributed by atoms with Crippen LogP contribution < -0.4 is 10.5 Å². The highest BCUT2D eigenvalue weighted by atomic mass is 79.9. The highest BCUT2D eigenvalue weighted by molar-refractivity contribution is 9.10. The maximum absolute atomic E-state index is 9.48. The third kappa shape index (κ3) is 2.51. The minimum absolute atomic E-state index is 0.0682. The monoisotopic (exact) mass is 353 g/mol. The molecule has 3 N–H and O–H groups in total. The molecule has 1 aliphatic rings. The second-order valence-electron chi connectivity index (χ2n) is 4.84. The number of fused-ring (bicyclic) bond motifs is 1. The molecule has 0 bridgehead atoms. The number of ether oxygens (including phenoxy) is 1. The number of halogens is 2. The van der Waals surface area contributed by atoms with Crippen LogP contribution in [0.5, 0.6) is 11.5 Å². The summed E-state index contributed by atoms with van der Waals surface area (Å²) in [7, 11) is 0. The molecule has 2 atom stereocenters. The molecule has 5 heteroatoms. The van der Waals surface area contributed by atoms with Gasteiger partial charge in [0.2, 0.25) is 0 Å². The van der Waals surface area contributed by atoms with Gasteiger partial charge < -0.3 is 15.6 Å². The van der Waals surface area contributed by atoms with E-state index in [1.54, 1.807) is 12.1 Å². The fourth-order valence-electron chi connectivity index (χ4n) is 2.40. The number of phenolic OH excluding ortho intramolecular Hbond substituents is 1. The van der Waals surface area contributed by atoms with E-state index in [9.17, 15) is 5.11 Å². The molecule has 1 unspecified atom stereocenters. The van der Waals surface area contributed by atoms with E-state index < -0.39 is 0 Å². The van der Waals surface area contributed by atoms with Gasteiger partial charge in [0.05, 0.1) is 5.02 Å². The molecule has 20 heavy (non-hydrogen) atoms. The highest BCUT2D eigenvalue weighted by Gasteiger charge is 2.27. The topological polar surface area (TPSA) is 55.5 Å². The Labute approximate surface area is 130 Å². The number of benzene rings is 2. The Hall–Kier alpha value is -1.23. The molecule has 0 saturated heterocycles. The second kappa shape index (κ2) is 5.28. The molecule has 104 valence electrons. The highest BCUT2D eigenvalue weighted by Crippen LogP contribution is 2.41. The fraction of sp³-hybridized carbons (Fsp3) is 0.200. The minimum Gasteiger partial charge on any atom is -0.506 e. The lowest BCUT2D eigenvalue weighted by atomic mass is 9.93. The van der Waals surface area contributed by atoms with E-state index in [-0.39, 0.29) is 17.9 Å². The van der Waals surface area contributed by atoms with Crippen LogP contribution in [-0.4, -0.2) is 5.11 Å². The zero-order valence-electron chi connectivity index (χ0n) is 10.5. The molecule has 1 heterocycles. The van der Waals surface area contributed by atoms with Crippen LogP contribution in [0.15, 0.2) is 40.9 Å². The molecule has 0 fully saturated rings. The van der Waals surface area contributed by atoms with Crippen LogP contribution in [0.4, 0.5) is 0 Å². The molecule has 3 nitrogen and oxygen atoms in total. The van der Waals surface area contributed by atoms with Crippen LogP contribution in [-0.2, 0) is 0 Å². The zero-order chi connectivity index (χ0) is 14.3. The number of nitrogens with two attached hydrogens (primary N) is 1. The zero-order valence-corrected chi connectivity index (χ0v) is 12.9. The standard InChI is InChI=1S/C15H13BrClNO2/c16-9-2-3-10-12(18)7-14(20-15(10)6-9)8-1-4-13(19)11(17)5-8/h1-6,12,14,19H,7,18H2/t12-,14?/m0/s1. The predicted octanol–water partition coefficient (Wildman–Crippen LogP) is 4.33. The largest absolute Gasteiger partial charge is 0.506 e. The van der Waals surface area contributed by atoms with Crippen molar-refractivity contribution in [2.24, 2.45) is 5.73 Å². The quantitative estimate of drug-likeness (QED) is 0.801. The maximum Gasteiger partial charge on any atom is 0.134 e. The Kier molecular flexibility index (Phi) is 3.63. The maximum atomic E-state index is 9.48. The van der Waals surface area contributed by atoms with Crippen molar-refractivity contribution in [3.8, 4) is 11.5 Å². The van der Waals surface area contributed by atoms with Crippen molar-refractivity contribution in [1.29, 1.82) is 0 Å². The van der Waals surface area contributed by atoms with E-state index in [1.165, 1.54) is 0 Å². The number of hydrogen-bond acceptors (Lipinski definition) is 3. The first-order valence-electron chi connectivity index (χ1n) is 6.24. The van der Waals surface area contributed by atoms with Crippen molar-refractivity contribution >= 4 is 27.5 Å². The molecule has 0 saturated carbocycles. The van der Waals surface area contributed by atoms with E-state index in [0.717, 1.165) is 21.3 Å². The molecule has 2 aromatic carbocycles. The van der Waals surface area contributed by atoms with E-state index in [1.807, 2.05) is 24.3 Å². The summed E-state index contributed by atoms with van der Waals surface area (Å²) in [5, 5.41) is 9.80. The van der Waals surface area contributed by atoms with E-state index in [2.05, 4.69) is 15.9 Å². The molecule has 0 spiro atoms. The van der Waals surface area contributed by atoms with Gasteiger partial charge in [-0.3, -0.25) is 0 Å². The molecular weight excluding hydrogens is 342 g/mol. The lowest BCUT2D eigenvalue weighted by Crippen LogP contribution is -2.24. The lowest BCUT2D eigenvalue weighted by Gasteiger charge is -2.30. The van der Waals surface area contributed by atoms with E-state index in [4.69, 9.17) is 22.1 Å². The van der Waals surface area contributed by atoms with Gasteiger partial charge in [-0.2, -0.15) is 0 Å². The first-order chi connectivity index (χ1) is 9.54. The summed E-state index contributed by atoms with van der Waals surface area (Å²) in [5.41, 5.74) is 8.13. The Morgan fingerprint density at radius 1 is 1.25 bits per heavy atom. The number of aromatic hydroxyl groups is 1. The molecule has 3 rings (SSSR count). The molecule has 0 radical (unpaired) electrons. The van der Waals surface area contributed by atoms with Crippen LogP contribution in [0, 0.1) is 0 Å². The average Bonchev–Trinajstić information content (AvgIpc) is 2.41. The number of hydrogen-bond donors (Lipinski definition) is 2. The summed E-state index contributed by atoms with van der Waals surface area (Å²) in [6.07, 6.45) is 0.514. The summed E-state index contributed by atoms with van der Waals surface area (Å²) in [5.74, 6) is 0.853. The summed E-state index contributed by atoms with van der Waals surface area (Å²) < 4.78 is 6.97. The minimum atomic E-state index is -0.162. The van der Waals surface area contributed by atoms with Gasteiger partial charge in [-0.05, 0) is 29.8 Å². The summed E-state index contributed by atoms with van der Waals surface area (Å²) >= 11 is 9.38. The molecule has 0 aromatic heterocycles. The summed E-state index contributed by atoms with van der Waals surface area (Å²) in [6.45, 7) is 0. The van der Waals surface area contributed by atoms with Gasteiger partial charge in [0.1, 0.15) is 17.6 Å². The van der Waals surface area contributed by atoms with Gasteiger partial charge in [-0.15, -0.1) is 0 Å². The Balaban J connectivity index is 1.96. The van der Waals surface area contributed by atoms with Crippen LogP contribution >= 0.6 is 27.5 Å². The summed E-state index contributed by atoms with van der Waals surface area (Å²) in [6, 6.07) is 10.9. The van der Waals surface area contributed by atoms with Gasteiger partial charge in [0.15, 0.2) is 0 Å². The Morgan fingerprint density at radius 2 is 2.05 bits per heavy atom. The van der Waals surface area contributed by atoms with Gasteiger partial charge >= 0.3 is 0 Å². The Morgan fingerprint density at radius 3 is 2.80 bits per heavy atom. The molecular formula is C15H13BrClNO2. The van der Waals surface area contributed by atoms with Gasteiger partial charge in [-0.25, -0.2) is 0 Å².